The Hall–Kier alpha value is -2.36. The number of allylic oxidation sites excluding steroid dienone is 2. The number of dihydropyridines is 1. The first-order valence-corrected chi connectivity index (χ1v) is 5.24. The number of rotatable bonds is 3. The molecule has 0 radical (unpaired) electrons. The fraction of sp³-hybridized carbons (Fsp3) is 0.0769. The lowest BCUT2D eigenvalue weighted by Gasteiger charge is -2.20. The zero-order valence-electron chi connectivity index (χ0n) is 9.11. The Bertz CT molecular complexity index is 491. The van der Waals surface area contributed by atoms with E-state index in [2.05, 4.69) is 5.32 Å². The van der Waals surface area contributed by atoms with Gasteiger partial charge in [0.05, 0.1) is 4.92 Å². The Morgan fingerprint density at radius 3 is 2.59 bits per heavy atom. The first-order chi connectivity index (χ1) is 8.23. The SMILES string of the molecule is O=[N+]([O-])C1(/C=C/c2ccccc2)C=CC=CN1. The van der Waals surface area contributed by atoms with Gasteiger partial charge in [0.2, 0.25) is 0 Å². The third-order valence-electron chi connectivity index (χ3n) is 2.50. The fourth-order valence-corrected chi connectivity index (χ4v) is 1.55. The quantitative estimate of drug-likeness (QED) is 0.638. The molecule has 1 N–H and O–H groups in total. The third kappa shape index (κ3) is 2.42. The predicted octanol–water partition coefficient (Wildman–Crippen LogP) is 2.35. The molecule has 17 heavy (non-hydrogen) atoms. The van der Waals surface area contributed by atoms with Gasteiger partial charge in [0, 0.05) is 18.4 Å². The molecule has 86 valence electrons. The van der Waals surface area contributed by atoms with E-state index < -0.39 is 5.66 Å². The fourth-order valence-electron chi connectivity index (χ4n) is 1.55. The monoisotopic (exact) mass is 228 g/mol. The van der Waals surface area contributed by atoms with Gasteiger partial charge in [0.1, 0.15) is 0 Å². The van der Waals surface area contributed by atoms with Crippen molar-refractivity contribution in [3.63, 3.8) is 0 Å². The van der Waals surface area contributed by atoms with E-state index in [0.717, 1.165) is 5.56 Å². The lowest BCUT2D eigenvalue weighted by Crippen LogP contribution is -2.46. The van der Waals surface area contributed by atoms with Crippen LogP contribution in [0.2, 0.25) is 0 Å². The maximum atomic E-state index is 11.1. The zero-order valence-corrected chi connectivity index (χ0v) is 9.11. The van der Waals surface area contributed by atoms with Gasteiger partial charge in [-0.3, -0.25) is 10.1 Å². The molecule has 1 aromatic rings. The molecule has 0 amide bonds. The first-order valence-electron chi connectivity index (χ1n) is 5.24. The van der Waals surface area contributed by atoms with E-state index in [4.69, 9.17) is 0 Å². The molecular formula is C13H12N2O2. The minimum Gasteiger partial charge on any atom is -0.321 e. The second-order valence-electron chi connectivity index (χ2n) is 3.69. The van der Waals surface area contributed by atoms with E-state index in [1.807, 2.05) is 30.3 Å². The van der Waals surface area contributed by atoms with Crippen LogP contribution < -0.4 is 5.32 Å². The van der Waals surface area contributed by atoms with Gasteiger partial charge >= 0.3 is 5.66 Å². The van der Waals surface area contributed by atoms with Gasteiger partial charge in [-0.25, -0.2) is 0 Å². The molecule has 1 aliphatic heterocycles. The molecule has 0 spiro atoms. The summed E-state index contributed by atoms with van der Waals surface area (Å²) in [7, 11) is 0. The molecule has 1 aliphatic rings. The molecule has 4 heteroatoms. The van der Waals surface area contributed by atoms with Crippen molar-refractivity contribution in [1.29, 1.82) is 0 Å². The Balaban J connectivity index is 2.25. The number of nitrogens with one attached hydrogen (secondary N) is 1. The van der Waals surface area contributed by atoms with Crippen molar-refractivity contribution >= 4 is 6.08 Å². The van der Waals surface area contributed by atoms with Gasteiger partial charge in [-0.05, 0) is 17.7 Å². The van der Waals surface area contributed by atoms with Crippen LogP contribution in [0.5, 0.6) is 0 Å². The predicted molar refractivity (Wildman–Crippen MR) is 66.6 cm³/mol. The van der Waals surface area contributed by atoms with Crippen molar-refractivity contribution in [2.75, 3.05) is 0 Å². The molecule has 0 saturated carbocycles. The van der Waals surface area contributed by atoms with Crippen molar-refractivity contribution in [2.45, 2.75) is 5.66 Å². The summed E-state index contributed by atoms with van der Waals surface area (Å²) in [5.41, 5.74) is -0.414. The summed E-state index contributed by atoms with van der Waals surface area (Å²) in [5, 5.41) is 13.9. The summed E-state index contributed by atoms with van der Waals surface area (Å²) >= 11 is 0. The van der Waals surface area contributed by atoms with E-state index in [-0.39, 0.29) is 4.92 Å². The van der Waals surface area contributed by atoms with Gasteiger partial charge in [0.25, 0.3) is 0 Å². The topological polar surface area (TPSA) is 55.2 Å². The van der Waals surface area contributed by atoms with E-state index in [9.17, 15) is 10.1 Å². The number of hydrogen-bond donors (Lipinski definition) is 1. The maximum Gasteiger partial charge on any atom is 0.332 e. The molecular weight excluding hydrogens is 216 g/mol. The smallest absolute Gasteiger partial charge is 0.321 e. The third-order valence-corrected chi connectivity index (χ3v) is 2.50. The van der Waals surface area contributed by atoms with Crippen LogP contribution in [-0.4, -0.2) is 10.6 Å². The Morgan fingerprint density at radius 1 is 1.24 bits per heavy atom. The maximum absolute atomic E-state index is 11.1. The van der Waals surface area contributed by atoms with Crippen LogP contribution in [0.15, 0.2) is 60.8 Å². The molecule has 2 rings (SSSR count). The minimum atomic E-state index is -1.34. The Kier molecular flexibility index (Phi) is 3.05. The standard InChI is InChI=1S/C13H12N2O2/c16-15(17)13(9-4-5-11-14-13)10-8-12-6-2-1-3-7-12/h1-11,14H/b10-8+. The first kappa shape index (κ1) is 11.1. The summed E-state index contributed by atoms with van der Waals surface area (Å²) < 4.78 is 0. The molecule has 4 nitrogen and oxygen atoms in total. The van der Waals surface area contributed by atoms with E-state index in [1.54, 1.807) is 30.5 Å². The molecule has 0 aliphatic carbocycles. The zero-order chi connectivity index (χ0) is 12.1. The van der Waals surface area contributed by atoms with Crippen molar-refractivity contribution < 1.29 is 4.92 Å². The van der Waals surface area contributed by atoms with E-state index in [1.165, 1.54) is 6.08 Å². The molecule has 1 unspecified atom stereocenters. The van der Waals surface area contributed by atoms with Gasteiger partial charge in [0.15, 0.2) is 0 Å². The molecule has 0 bridgehead atoms. The van der Waals surface area contributed by atoms with Gasteiger partial charge in [-0.1, -0.05) is 36.4 Å². The van der Waals surface area contributed by atoms with Crippen molar-refractivity contribution in [3.05, 3.63) is 76.5 Å². The number of nitro groups is 1. The molecule has 1 heterocycles. The number of benzene rings is 1. The minimum absolute atomic E-state index is 0.355. The van der Waals surface area contributed by atoms with Crippen LogP contribution in [0.25, 0.3) is 6.08 Å². The van der Waals surface area contributed by atoms with Crippen LogP contribution in [0.4, 0.5) is 0 Å². The molecule has 1 aromatic carbocycles. The average molecular weight is 228 g/mol. The van der Waals surface area contributed by atoms with Crippen LogP contribution in [0.1, 0.15) is 5.56 Å². The molecule has 0 saturated heterocycles. The normalized spacial score (nSPS) is 22.6. The summed E-state index contributed by atoms with van der Waals surface area (Å²) in [6.45, 7) is 0. The summed E-state index contributed by atoms with van der Waals surface area (Å²) in [4.78, 5) is 10.7. The highest BCUT2D eigenvalue weighted by Gasteiger charge is 2.36. The van der Waals surface area contributed by atoms with Crippen molar-refractivity contribution in [2.24, 2.45) is 0 Å². The van der Waals surface area contributed by atoms with Crippen LogP contribution in [0, 0.1) is 10.1 Å². The number of hydrogen-bond acceptors (Lipinski definition) is 3. The highest BCUT2D eigenvalue weighted by atomic mass is 16.6. The van der Waals surface area contributed by atoms with Crippen molar-refractivity contribution in [3.8, 4) is 0 Å². The lowest BCUT2D eigenvalue weighted by molar-refractivity contribution is -0.546. The molecule has 1 atom stereocenters. The van der Waals surface area contributed by atoms with E-state index >= 15 is 0 Å². The summed E-state index contributed by atoms with van der Waals surface area (Å²) in [6.07, 6.45) is 9.75. The Labute approximate surface area is 99.1 Å². The Morgan fingerprint density at radius 2 is 2.00 bits per heavy atom. The average Bonchev–Trinajstić information content (AvgIpc) is 2.38. The van der Waals surface area contributed by atoms with Crippen molar-refractivity contribution in [1.82, 2.24) is 5.32 Å². The number of nitrogens with zero attached hydrogens (tertiary/aromatic N) is 1. The second kappa shape index (κ2) is 4.65. The van der Waals surface area contributed by atoms with Gasteiger partial charge in [-0.15, -0.1) is 0 Å². The largest absolute Gasteiger partial charge is 0.332 e. The van der Waals surface area contributed by atoms with Gasteiger partial charge < -0.3 is 5.32 Å². The van der Waals surface area contributed by atoms with Crippen LogP contribution in [0.3, 0.4) is 0 Å². The second-order valence-corrected chi connectivity index (χ2v) is 3.69. The highest BCUT2D eigenvalue weighted by molar-refractivity contribution is 5.51. The molecule has 0 aromatic heterocycles. The summed E-state index contributed by atoms with van der Waals surface area (Å²) in [6, 6.07) is 9.48. The summed E-state index contributed by atoms with van der Waals surface area (Å²) in [5.74, 6) is 0. The van der Waals surface area contributed by atoms with Crippen LogP contribution in [-0.2, 0) is 0 Å². The van der Waals surface area contributed by atoms with Crippen LogP contribution >= 0.6 is 0 Å². The molecule has 0 fully saturated rings. The van der Waals surface area contributed by atoms with Gasteiger partial charge in [-0.2, -0.15) is 0 Å². The lowest BCUT2D eigenvalue weighted by atomic mass is 10.1. The van der Waals surface area contributed by atoms with E-state index in [0.29, 0.717) is 0 Å². The highest BCUT2D eigenvalue weighted by Crippen LogP contribution is 2.16.